The lowest BCUT2D eigenvalue weighted by Crippen LogP contribution is -2.48. The first kappa shape index (κ1) is 28.5. The van der Waals surface area contributed by atoms with Gasteiger partial charge in [-0.05, 0) is 24.8 Å². The van der Waals surface area contributed by atoms with E-state index in [4.69, 9.17) is 4.74 Å². The van der Waals surface area contributed by atoms with E-state index < -0.39 is 24.5 Å². The van der Waals surface area contributed by atoms with Gasteiger partial charge < -0.3 is 30.5 Å². The fourth-order valence-electron chi connectivity index (χ4n) is 4.43. The van der Waals surface area contributed by atoms with Gasteiger partial charge in [-0.3, -0.25) is 4.79 Å². The van der Waals surface area contributed by atoms with Gasteiger partial charge in [0, 0.05) is 64.5 Å². The number of nitrogens with one attached hydrogen (secondary N) is 3. The van der Waals surface area contributed by atoms with Crippen LogP contribution in [0.5, 0.6) is 0 Å². The molecule has 3 N–H and O–H groups in total. The molecule has 1 aromatic heterocycles. The highest BCUT2D eigenvalue weighted by molar-refractivity contribution is 5.97. The molecule has 0 radical (unpaired) electrons. The summed E-state index contributed by atoms with van der Waals surface area (Å²) < 4.78 is 59.4. The van der Waals surface area contributed by atoms with Gasteiger partial charge >= 0.3 is 6.18 Å². The first-order valence-corrected chi connectivity index (χ1v) is 12.0. The largest absolute Gasteiger partial charge is 0.499 e. The van der Waals surface area contributed by atoms with E-state index in [1.54, 1.807) is 25.1 Å². The van der Waals surface area contributed by atoms with Crippen molar-refractivity contribution >= 4 is 23.0 Å². The standard InChI is InChI=1S/C25H34F4N6O2/c1-15(13-25(27,28)29)22-20(30-2)10-16(33-23(22)31-3)14-32-19-12-18(26)17(11-21(19)37-5)24(36)35-8-6-34(4)7-9-35/h10-11,19,32H,1,6-9,12-14H2,2-5H3,(H2,30,31,33). The van der Waals surface area contributed by atoms with Crippen LogP contribution in [0.25, 0.3) is 5.57 Å². The van der Waals surface area contributed by atoms with Gasteiger partial charge in [-0.15, -0.1) is 0 Å². The molecule has 0 saturated carbocycles. The minimum absolute atomic E-state index is 0.0000430. The first-order valence-electron chi connectivity index (χ1n) is 12.0. The number of pyridine rings is 1. The maximum atomic E-state index is 15.1. The van der Waals surface area contributed by atoms with Crippen LogP contribution in [0.15, 0.2) is 35.9 Å². The Labute approximate surface area is 214 Å². The lowest BCUT2D eigenvalue weighted by molar-refractivity contribution is -0.128. The van der Waals surface area contributed by atoms with Crippen LogP contribution >= 0.6 is 0 Å². The van der Waals surface area contributed by atoms with Crippen molar-refractivity contribution in [3.05, 3.63) is 47.1 Å². The lowest BCUT2D eigenvalue weighted by atomic mass is 9.98. The van der Waals surface area contributed by atoms with Crippen LogP contribution in [-0.4, -0.2) is 87.3 Å². The smallest absolute Gasteiger partial charge is 0.393 e. The number of hydrogen-bond acceptors (Lipinski definition) is 7. The van der Waals surface area contributed by atoms with Crippen molar-refractivity contribution in [3.8, 4) is 0 Å². The Kier molecular flexibility index (Phi) is 9.19. The second-order valence-corrected chi connectivity index (χ2v) is 9.08. The van der Waals surface area contributed by atoms with Gasteiger partial charge in [0.2, 0.25) is 0 Å². The molecular formula is C25H34F4N6O2. The number of halogens is 4. The molecule has 204 valence electrons. The molecule has 1 aliphatic carbocycles. The van der Waals surface area contributed by atoms with Gasteiger partial charge in [0.15, 0.2) is 0 Å². The number of amides is 1. The van der Waals surface area contributed by atoms with Gasteiger partial charge in [-0.25, -0.2) is 9.37 Å². The minimum Gasteiger partial charge on any atom is -0.499 e. The van der Waals surface area contributed by atoms with Crippen LogP contribution in [-0.2, 0) is 16.1 Å². The highest BCUT2D eigenvalue weighted by atomic mass is 19.4. The topological polar surface area (TPSA) is 81.8 Å². The Morgan fingerprint density at radius 3 is 2.46 bits per heavy atom. The average Bonchev–Trinajstić information content (AvgIpc) is 2.85. The molecule has 12 heteroatoms. The van der Waals surface area contributed by atoms with E-state index in [0.717, 1.165) is 13.1 Å². The number of likely N-dealkylation sites (N-methyl/N-ethyl adjacent to an activating group) is 1. The van der Waals surface area contributed by atoms with Crippen LogP contribution in [0.1, 0.15) is 24.1 Å². The van der Waals surface area contributed by atoms with Crippen molar-refractivity contribution in [3.63, 3.8) is 0 Å². The summed E-state index contributed by atoms with van der Waals surface area (Å²) in [6.45, 7) is 6.29. The third-order valence-corrected chi connectivity index (χ3v) is 6.44. The molecule has 1 unspecified atom stereocenters. The molecule has 2 heterocycles. The predicted octanol–water partition coefficient (Wildman–Crippen LogP) is 3.52. The number of aromatic nitrogens is 1. The van der Waals surface area contributed by atoms with Crippen LogP contribution < -0.4 is 16.0 Å². The Balaban J connectivity index is 1.75. The molecule has 0 aromatic carbocycles. The molecule has 0 bridgehead atoms. The molecule has 3 rings (SSSR count). The van der Waals surface area contributed by atoms with Crippen LogP contribution in [0.2, 0.25) is 0 Å². The lowest BCUT2D eigenvalue weighted by Gasteiger charge is -2.33. The number of ether oxygens (including phenoxy) is 1. The van der Waals surface area contributed by atoms with Crippen molar-refractivity contribution in [2.75, 3.05) is 65.1 Å². The second-order valence-electron chi connectivity index (χ2n) is 9.08. The van der Waals surface area contributed by atoms with E-state index in [-0.39, 0.29) is 41.4 Å². The van der Waals surface area contributed by atoms with Gasteiger partial charge in [0.05, 0.1) is 30.8 Å². The third kappa shape index (κ3) is 7.01. The number of carbonyl (C=O) groups excluding carboxylic acids is 1. The summed E-state index contributed by atoms with van der Waals surface area (Å²) in [7, 11) is 6.60. The Hall–Kier alpha value is -3.12. The summed E-state index contributed by atoms with van der Waals surface area (Å²) >= 11 is 0. The predicted molar refractivity (Wildman–Crippen MR) is 136 cm³/mol. The summed E-state index contributed by atoms with van der Waals surface area (Å²) in [5, 5.41) is 8.93. The fourth-order valence-corrected chi connectivity index (χ4v) is 4.43. The number of nitrogens with zero attached hydrogens (tertiary/aromatic N) is 3. The van der Waals surface area contributed by atoms with E-state index >= 15 is 4.39 Å². The van der Waals surface area contributed by atoms with E-state index in [1.807, 2.05) is 7.05 Å². The van der Waals surface area contributed by atoms with Gasteiger partial charge in [-0.1, -0.05) is 6.58 Å². The van der Waals surface area contributed by atoms with E-state index in [9.17, 15) is 18.0 Å². The molecule has 1 aromatic rings. The number of allylic oxidation sites excluding steroid dienone is 1. The molecule has 37 heavy (non-hydrogen) atoms. The summed E-state index contributed by atoms with van der Waals surface area (Å²) in [5.41, 5.74) is 1.08. The van der Waals surface area contributed by atoms with Crippen LogP contribution in [0.3, 0.4) is 0 Å². The number of carbonyl (C=O) groups is 1. The summed E-state index contributed by atoms with van der Waals surface area (Å²) in [5.74, 6) is -0.222. The molecule has 1 fully saturated rings. The van der Waals surface area contributed by atoms with Gasteiger partial charge in [0.25, 0.3) is 5.91 Å². The maximum Gasteiger partial charge on any atom is 0.393 e. The number of methoxy groups -OCH3 is 1. The molecule has 1 saturated heterocycles. The molecule has 8 nitrogen and oxygen atoms in total. The van der Waals surface area contributed by atoms with Crippen molar-refractivity contribution in [2.45, 2.75) is 31.6 Å². The molecule has 1 amide bonds. The maximum absolute atomic E-state index is 15.1. The molecular weight excluding hydrogens is 492 g/mol. The third-order valence-electron chi connectivity index (χ3n) is 6.44. The summed E-state index contributed by atoms with van der Waals surface area (Å²) in [4.78, 5) is 21.1. The van der Waals surface area contributed by atoms with Crippen molar-refractivity contribution in [2.24, 2.45) is 0 Å². The van der Waals surface area contributed by atoms with Crippen molar-refractivity contribution in [1.82, 2.24) is 20.1 Å². The fraction of sp³-hybridized carbons (Fsp3) is 0.520. The average molecular weight is 527 g/mol. The molecule has 2 aliphatic rings. The number of anilines is 2. The SMILES string of the molecule is C=C(CC(F)(F)F)c1c(NC)cc(CNC2CC(F)=C(C(=O)N3CCN(C)CC3)C=C2OC)nc1NC. The minimum atomic E-state index is -4.40. The molecule has 0 spiro atoms. The zero-order valence-corrected chi connectivity index (χ0v) is 21.6. The van der Waals surface area contributed by atoms with Crippen LogP contribution in [0.4, 0.5) is 29.1 Å². The highest BCUT2D eigenvalue weighted by Crippen LogP contribution is 2.37. The van der Waals surface area contributed by atoms with E-state index in [2.05, 4.69) is 32.4 Å². The summed E-state index contributed by atoms with van der Waals surface area (Å²) in [6.07, 6.45) is -4.21. The normalized spacial score (nSPS) is 19.0. The summed E-state index contributed by atoms with van der Waals surface area (Å²) in [6, 6.07) is 1.07. The number of hydrogen-bond donors (Lipinski definition) is 3. The highest BCUT2D eigenvalue weighted by Gasteiger charge is 2.32. The Morgan fingerprint density at radius 2 is 1.89 bits per heavy atom. The first-order chi connectivity index (χ1) is 17.5. The number of piperazine rings is 1. The van der Waals surface area contributed by atoms with Crippen LogP contribution in [0, 0.1) is 0 Å². The monoisotopic (exact) mass is 526 g/mol. The second kappa shape index (κ2) is 12.0. The number of alkyl halides is 3. The quantitative estimate of drug-likeness (QED) is 0.425. The zero-order valence-electron chi connectivity index (χ0n) is 21.6. The van der Waals surface area contributed by atoms with Crippen molar-refractivity contribution < 1.29 is 27.1 Å². The number of rotatable bonds is 9. The van der Waals surface area contributed by atoms with E-state index in [1.165, 1.54) is 13.2 Å². The Bertz CT molecular complexity index is 1050. The Morgan fingerprint density at radius 1 is 1.22 bits per heavy atom. The zero-order chi connectivity index (χ0) is 27.3. The molecule has 1 aliphatic heterocycles. The van der Waals surface area contributed by atoms with Crippen molar-refractivity contribution in [1.29, 1.82) is 0 Å². The molecule has 1 atom stereocenters. The van der Waals surface area contributed by atoms with E-state index in [0.29, 0.717) is 30.2 Å². The van der Waals surface area contributed by atoms with Gasteiger partial charge in [0.1, 0.15) is 17.4 Å². The van der Waals surface area contributed by atoms with Gasteiger partial charge in [-0.2, -0.15) is 13.2 Å².